The zero-order chi connectivity index (χ0) is 12.3. The van der Waals surface area contributed by atoms with E-state index in [1.54, 1.807) is 6.07 Å². The maximum Gasteiger partial charge on any atom is 0.248 e. The molecule has 0 unspecified atom stereocenters. The van der Waals surface area contributed by atoms with Crippen molar-refractivity contribution in [2.45, 2.75) is 25.8 Å². The van der Waals surface area contributed by atoms with Gasteiger partial charge in [-0.2, -0.15) is 0 Å². The second-order valence-corrected chi connectivity index (χ2v) is 4.56. The summed E-state index contributed by atoms with van der Waals surface area (Å²) in [4.78, 5) is 11.1. The van der Waals surface area contributed by atoms with Crippen molar-refractivity contribution in [3.63, 3.8) is 0 Å². The molecule has 4 N–H and O–H groups in total. The topological polar surface area (TPSA) is 67.2 Å². The first-order chi connectivity index (χ1) is 8.16. The number of hydrogen-bond acceptors (Lipinski definition) is 3. The van der Waals surface area contributed by atoms with Gasteiger partial charge < -0.3 is 16.4 Å². The van der Waals surface area contributed by atoms with Gasteiger partial charge in [-0.15, -0.1) is 0 Å². The summed E-state index contributed by atoms with van der Waals surface area (Å²) < 4.78 is 0. The largest absolute Gasteiger partial charge is 0.382 e. The van der Waals surface area contributed by atoms with Crippen LogP contribution in [0.3, 0.4) is 0 Å². The lowest BCUT2D eigenvalue weighted by atomic mass is 10.0. The maximum absolute atomic E-state index is 11.1. The minimum absolute atomic E-state index is 0.365. The Morgan fingerprint density at radius 2 is 2.12 bits per heavy atom. The number of benzene rings is 1. The third-order valence-electron chi connectivity index (χ3n) is 3.20. The number of hydrogen-bond donors (Lipinski definition) is 3. The Hall–Kier alpha value is -1.55. The molecule has 0 bridgehead atoms. The molecule has 1 fully saturated rings. The molecule has 1 aliphatic rings. The Labute approximate surface area is 102 Å². The summed E-state index contributed by atoms with van der Waals surface area (Å²) in [6.45, 7) is 4.04. The highest BCUT2D eigenvalue weighted by Gasteiger charge is 2.13. The fourth-order valence-corrected chi connectivity index (χ4v) is 2.23. The van der Waals surface area contributed by atoms with Crippen LogP contribution in [0.1, 0.15) is 28.8 Å². The van der Waals surface area contributed by atoms with Gasteiger partial charge in [0, 0.05) is 17.3 Å². The zero-order valence-corrected chi connectivity index (χ0v) is 10.1. The van der Waals surface area contributed by atoms with E-state index < -0.39 is 0 Å². The van der Waals surface area contributed by atoms with Crippen molar-refractivity contribution >= 4 is 11.6 Å². The normalized spacial score (nSPS) is 16.8. The molecule has 1 heterocycles. The number of primary amides is 1. The van der Waals surface area contributed by atoms with Gasteiger partial charge in [0.05, 0.1) is 0 Å². The standard InChI is InChI=1S/C13H19N3O/c1-9-8-11(2-3-12(9)13(14)17)16-10-4-6-15-7-5-10/h2-3,8,10,15-16H,4-7H2,1H3,(H2,14,17). The molecule has 0 aliphatic carbocycles. The second kappa shape index (κ2) is 5.19. The molecule has 0 saturated carbocycles. The molecular weight excluding hydrogens is 214 g/mol. The Kier molecular flexibility index (Phi) is 3.64. The van der Waals surface area contributed by atoms with Gasteiger partial charge in [-0.1, -0.05) is 0 Å². The van der Waals surface area contributed by atoms with Crippen molar-refractivity contribution < 1.29 is 4.79 Å². The van der Waals surface area contributed by atoms with Crippen LogP contribution in [-0.4, -0.2) is 25.0 Å². The predicted octanol–water partition coefficient (Wildman–Crippen LogP) is 1.26. The first-order valence-electron chi connectivity index (χ1n) is 6.04. The molecular formula is C13H19N3O. The number of nitrogens with two attached hydrogens (primary N) is 1. The fraction of sp³-hybridized carbons (Fsp3) is 0.462. The monoisotopic (exact) mass is 233 g/mol. The lowest BCUT2D eigenvalue weighted by Crippen LogP contribution is -2.35. The lowest BCUT2D eigenvalue weighted by Gasteiger charge is -2.25. The summed E-state index contributed by atoms with van der Waals surface area (Å²) >= 11 is 0. The van der Waals surface area contributed by atoms with E-state index >= 15 is 0 Å². The average molecular weight is 233 g/mol. The second-order valence-electron chi connectivity index (χ2n) is 4.56. The highest BCUT2D eigenvalue weighted by molar-refractivity contribution is 5.94. The minimum atomic E-state index is -0.365. The van der Waals surface area contributed by atoms with Gasteiger partial charge >= 0.3 is 0 Å². The number of anilines is 1. The molecule has 0 radical (unpaired) electrons. The Morgan fingerprint density at radius 3 is 2.71 bits per heavy atom. The number of rotatable bonds is 3. The van der Waals surface area contributed by atoms with E-state index in [1.807, 2.05) is 19.1 Å². The van der Waals surface area contributed by atoms with E-state index in [2.05, 4.69) is 10.6 Å². The average Bonchev–Trinajstić information content (AvgIpc) is 2.30. The van der Waals surface area contributed by atoms with Crippen molar-refractivity contribution in [3.8, 4) is 0 Å². The number of carbonyl (C=O) groups is 1. The molecule has 0 aromatic heterocycles. The van der Waals surface area contributed by atoms with Crippen molar-refractivity contribution in [2.75, 3.05) is 18.4 Å². The number of amides is 1. The van der Waals surface area contributed by atoms with E-state index in [9.17, 15) is 4.79 Å². The summed E-state index contributed by atoms with van der Waals surface area (Å²) in [7, 11) is 0. The van der Waals surface area contributed by atoms with Crippen LogP contribution >= 0.6 is 0 Å². The summed E-state index contributed by atoms with van der Waals surface area (Å²) in [5, 5.41) is 6.83. The molecule has 2 rings (SSSR count). The van der Waals surface area contributed by atoms with Gasteiger partial charge in [0.15, 0.2) is 0 Å². The van der Waals surface area contributed by atoms with Gasteiger partial charge in [-0.3, -0.25) is 4.79 Å². The number of piperidine rings is 1. The van der Waals surface area contributed by atoms with Crippen LogP contribution in [0, 0.1) is 6.92 Å². The van der Waals surface area contributed by atoms with Crippen LogP contribution in [0.4, 0.5) is 5.69 Å². The number of aryl methyl sites for hydroxylation is 1. The van der Waals surface area contributed by atoms with Crippen molar-refractivity contribution in [2.24, 2.45) is 5.73 Å². The first-order valence-corrected chi connectivity index (χ1v) is 6.04. The molecule has 0 atom stereocenters. The van der Waals surface area contributed by atoms with E-state index in [0.717, 1.165) is 37.2 Å². The third-order valence-corrected chi connectivity index (χ3v) is 3.20. The Morgan fingerprint density at radius 1 is 1.41 bits per heavy atom. The van der Waals surface area contributed by atoms with Crippen molar-refractivity contribution in [1.29, 1.82) is 0 Å². The smallest absolute Gasteiger partial charge is 0.248 e. The van der Waals surface area contributed by atoms with Crippen LogP contribution in [0.2, 0.25) is 0 Å². The third kappa shape index (κ3) is 2.97. The number of carbonyl (C=O) groups excluding carboxylic acids is 1. The number of nitrogens with one attached hydrogen (secondary N) is 2. The molecule has 1 aliphatic heterocycles. The van der Waals surface area contributed by atoms with Crippen molar-refractivity contribution in [3.05, 3.63) is 29.3 Å². The van der Waals surface area contributed by atoms with E-state index in [1.165, 1.54) is 0 Å². The maximum atomic E-state index is 11.1. The lowest BCUT2D eigenvalue weighted by molar-refractivity contribution is 0.1000. The van der Waals surface area contributed by atoms with E-state index in [4.69, 9.17) is 5.73 Å². The molecule has 0 spiro atoms. The predicted molar refractivity (Wildman–Crippen MR) is 69.2 cm³/mol. The zero-order valence-electron chi connectivity index (χ0n) is 10.1. The van der Waals surface area contributed by atoms with E-state index in [-0.39, 0.29) is 5.91 Å². The van der Waals surface area contributed by atoms with Gasteiger partial charge in [0.1, 0.15) is 0 Å². The summed E-state index contributed by atoms with van der Waals surface area (Å²) in [6.07, 6.45) is 2.27. The Balaban J connectivity index is 2.06. The highest BCUT2D eigenvalue weighted by atomic mass is 16.1. The van der Waals surface area contributed by atoms with Gasteiger partial charge in [-0.25, -0.2) is 0 Å². The molecule has 1 amide bonds. The van der Waals surface area contributed by atoms with Crippen LogP contribution in [-0.2, 0) is 0 Å². The molecule has 4 nitrogen and oxygen atoms in total. The van der Waals surface area contributed by atoms with Gasteiger partial charge in [0.2, 0.25) is 5.91 Å². The van der Waals surface area contributed by atoms with Crippen LogP contribution in [0.15, 0.2) is 18.2 Å². The minimum Gasteiger partial charge on any atom is -0.382 e. The van der Waals surface area contributed by atoms with Gasteiger partial charge in [-0.05, 0) is 56.6 Å². The van der Waals surface area contributed by atoms with E-state index in [0.29, 0.717) is 11.6 Å². The van der Waals surface area contributed by atoms with Crippen LogP contribution < -0.4 is 16.4 Å². The molecule has 1 aromatic carbocycles. The summed E-state index contributed by atoms with van der Waals surface area (Å²) in [5.74, 6) is -0.365. The molecule has 17 heavy (non-hydrogen) atoms. The molecule has 92 valence electrons. The van der Waals surface area contributed by atoms with Crippen LogP contribution in [0.25, 0.3) is 0 Å². The first kappa shape index (κ1) is 11.9. The summed E-state index contributed by atoms with van der Waals surface area (Å²) in [6, 6.07) is 6.23. The molecule has 1 saturated heterocycles. The fourth-order valence-electron chi connectivity index (χ4n) is 2.23. The Bertz CT molecular complexity index is 411. The quantitative estimate of drug-likeness (QED) is 0.736. The highest BCUT2D eigenvalue weighted by Crippen LogP contribution is 2.17. The SMILES string of the molecule is Cc1cc(NC2CCNCC2)ccc1C(N)=O. The summed E-state index contributed by atoms with van der Waals surface area (Å²) in [5.41, 5.74) is 7.88. The van der Waals surface area contributed by atoms with Gasteiger partial charge in [0.25, 0.3) is 0 Å². The molecule has 1 aromatic rings. The molecule has 4 heteroatoms. The van der Waals surface area contributed by atoms with Crippen molar-refractivity contribution in [1.82, 2.24) is 5.32 Å². The van der Waals surface area contributed by atoms with Crippen LogP contribution in [0.5, 0.6) is 0 Å².